The van der Waals surface area contributed by atoms with Crippen molar-refractivity contribution >= 4 is 28.9 Å². The quantitative estimate of drug-likeness (QED) is 0.531. The fourth-order valence-electron chi connectivity index (χ4n) is 4.23. The fraction of sp³-hybridized carbons (Fsp3) is 0.385. The Balaban J connectivity index is 0.000000384. The van der Waals surface area contributed by atoms with Gasteiger partial charge < -0.3 is 19.7 Å². The molecule has 2 N–H and O–H groups in total. The molecule has 1 saturated heterocycles. The highest BCUT2D eigenvalue weighted by Gasteiger charge is 2.38. The van der Waals surface area contributed by atoms with Crippen LogP contribution in [0.3, 0.4) is 0 Å². The van der Waals surface area contributed by atoms with Crippen molar-refractivity contribution in [1.29, 1.82) is 0 Å². The number of aliphatic carboxylic acids is 1. The van der Waals surface area contributed by atoms with Crippen LogP contribution in [0.25, 0.3) is 5.52 Å². The van der Waals surface area contributed by atoms with E-state index in [0.717, 1.165) is 48.9 Å². The van der Waals surface area contributed by atoms with Gasteiger partial charge in [0.25, 0.3) is 5.91 Å². The molecule has 0 radical (unpaired) electrons. The molecule has 1 aliphatic heterocycles. The highest BCUT2D eigenvalue weighted by Crippen LogP contribution is 2.30. The SMILES string of the molecule is Cc1cccc(NC(=O)c2ccc3ccc(N4CCN(CC5CC5)CC4)n3c2)c1.O=C(O)C(F)(F)F. The molecule has 0 unspecified atom stereocenters. The molecule has 1 saturated carbocycles. The number of rotatable bonds is 5. The molecular weight excluding hydrogens is 473 g/mol. The molecule has 192 valence electrons. The summed E-state index contributed by atoms with van der Waals surface area (Å²) >= 11 is 0. The Hall–Kier alpha value is -3.53. The van der Waals surface area contributed by atoms with Crippen molar-refractivity contribution in [1.82, 2.24) is 9.30 Å². The number of hydrogen-bond donors (Lipinski definition) is 2. The lowest BCUT2D eigenvalue weighted by Crippen LogP contribution is -2.47. The summed E-state index contributed by atoms with van der Waals surface area (Å²) in [7, 11) is 0. The number of carboxylic acid groups (broad SMARTS) is 1. The van der Waals surface area contributed by atoms with Crippen LogP contribution in [0.2, 0.25) is 0 Å². The molecule has 0 atom stereocenters. The van der Waals surface area contributed by atoms with Gasteiger partial charge in [0, 0.05) is 50.1 Å². The van der Waals surface area contributed by atoms with Gasteiger partial charge >= 0.3 is 12.1 Å². The summed E-state index contributed by atoms with van der Waals surface area (Å²) in [4.78, 5) is 26.7. The van der Waals surface area contributed by atoms with Crippen LogP contribution in [0.1, 0.15) is 28.8 Å². The zero-order valence-electron chi connectivity index (χ0n) is 20.0. The smallest absolute Gasteiger partial charge is 0.475 e. The van der Waals surface area contributed by atoms with E-state index in [4.69, 9.17) is 9.90 Å². The predicted molar refractivity (Wildman–Crippen MR) is 132 cm³/mol. The second-order valence-electron chi connectivity index (χ2n) is 9.26. The van der Waals surface area contributed by atoms with Crippen molar-refractivity contribution in [2.75, 3.05) is 42.9 Å². The highest BCUT2D eigenvalue weighted by molar-refractivity contribution is 6.04. The van der Waals surface area contributed by atoms with Gasteiger partial charge in [-0.05, 0) is 67.6 Å². The number of halogens is 3. The van der Waals surface area contributed by atoms with E-state index in [2.05, 4.69) is 31.7 Å². The molecule has 36 heavy (non-hydrogen) atoms. The first kappa shape index (κ1) is 25.6. The minimum atomic E-state index is -5.08. The molecule has 0 bridgehead atoms. The Morgan fingerprint density at radius 1 is 1.03 bits per heavy atom. The van der Waals surface area contributed by atoms with E-state index in [9.17, 15) is 18.0 Å². The molecule has 2 fully saturated rings. The lowest BCUT2D eigenvalue weighted by atomic mass is 10.2. The molecule has 10 heteroatoms. The third-order valence-electron chi connectivity index (χ3n) is 6.32. The first-order chi connectivity index (χ1) is 17.1. The Morgan fingerprint density at radius 3 is 2.31 bits per heavy atom. The van der Waals surface area contributed by atoms with E-state index in [1.165, 1.54) is 25.2 Å². The van der Waals surface area contributed by atoms with Gasteiger partial charge in [0.2, 0.25) is 0 Å². The van der Waals surface area contributed by atoms with Crippen LogP contribution in [0.5, 0.6) is 0 Å². The van der Waals surface area contributed by atoms with Gasteiger partial charge in [-0.25, -0.2) is 4.79 Å². The van der Waals surface area contributed by atoms with Crippen LogP contribution >= 0.6 is 0 Å². The Bertz CT molecular complexity index is 1230. The molecule has 3 aromatic rings. The van der Waals surface area contributed by atoms with Crippen LogP contribution in [0.15, 0.2) is 54.7 Å². The van der Waals surface area contributed by atoms with E-state index in [-0.39, 0.29) is 5.91 Å². The molecule has 2 aromatic heterocycles. The maximum Gasteiger partial charge on any atom is 0.490 e. The normalized spacial score (nSPS) is 16.4. The number of piperazine rings is 1. The first-order valence-electron chi connectivity index (χ1n) is 11.9. The molecule has 7 nitrogen and oxygen atoms in total. The van der Waals surface area contributed by atoms with E-state index in [1.54, 1.807) is 0 Å². The summed E-state index contributed by atoms with van der Waals surface area (Å²) < 4.78 is 33.9. The molecule has 1 aliphatic carbocycles. The Morgan fingerprint density at radius 2 is 1.69 bits per heavy atom. The summed E-state index contributed by atoms with van der Waals surface area (Å²) in [6.45, 7) is 7.62. The highest BCUT2D eigenvalue weighted by atomic mass is 19.4. The number of carbonyl (C=O) groups is 2. The molecule has 1 aromatic carbocycles. The van der Waals surface area contributed by atoms with Crippen molar-refractivity contribution in [3.8, 4) is 0 Å². The molecular formula is C26H29F3N4O3. The molecule has 2 aliphatic rings. The number of nitrogens with one attached hydrogen (secondary N) is 1. The summed E-state index contributed by atoms with van der Waals surface area (Å²) in [5.74, 6) is -0.708. The Labute approximate surface area is 207 Å². The van der Waals surface area contributed by atoms with Crippen molar-refractivity contribution in [3.05, 3.63) is 65.9 Å². The van der Waals surface area contributed by atoms with E-state index >= 15 is 0 Å². The van der Waals surface area contributed by atoms with Gasteiger partial charge in [-0.3, -0.25) is 9.69 Å². The number of nitrogens with zero attached hydrogens (tertiary/aromatic N) is 3. The van der Waals surface area contributed by atoms with Gasteiger partial charge in [-0.15, -0.1) is 0 Å². The number of amides is 1. The standard InChI is InChI=1S/C24H28N4O.C2HF3O2/c1-18-3-2-4-21(15-18)25-24(29)20-7-8-22-9-10-23(28(22)17-20)27-13-11-26(12-14-27)16-19-5-6-19;3-2(4,5)1(6)7/h2-4,7-10,15,17,19H,5-6,11-14,16H2,1H3,(H,25,29);(H,6,7). The second kappa shape index (κ2) is 10.6. The van der Waals surface area contributed by atoms with Gasteiger partial charge in [0.15, 0.2) is 0 Å². The number of hydrogen-bond acceptors (Lipinski definition) is 4. The molecule has 0 spiro atoms. The summed E-state index contributed by atoms with van der Waals surface area (Å²) in [5, 5.41) is 10.1. The number of carboxylic acids is 1. The number of anilines is 2. The minimum absolute atomic E-state index is 0.0774. The maximum absolute atomic E-state index is 12.8. The van der Waals surface area contributed by atoms with Crippen LogP contribution < -0.4 is 10.2 Å². The third kappa shape index (κ3) is 6.57. The largest absolute Gasteiger partial charge is 0.490 e. The number of alkyl halides is 3. The number of benzene rings is 1. The van der Waals surface area contributed by atoms with Crippen molar-refractivity contribution in [3.63, 3.8) is 0 Å². The van der Waals surface area contributed by atoms with Crippen molar-refractivity contribution in [2.45, 2.75) is 25.9 Å². The van der Waals surface area contributed by atoms with Crippen LogP contribution in [0, 0.1) is 12.8 Å². The van der Waals surface area contributed by atoms with E-state index in [1.807, 2.05) is 49.5 Å². The van der Waals surface area contributed by atoms with E-state index < -0.39 is 12.1 Å². The van der Waals surface area contributed by atoms with Gasteiger partial charge in [-0.1, -0.05) is 12.1 Å². The van der Waals surface area contributed by atoms with Crippen molar-refractivity contribution < 1.29 is 27.9 Å². The minimum Gasteiger partial charge on any atom is -0.475 e. The lowest BCUT2D eigenvalue weighted by Gasteiger charge is -2.35. The maximum atomic E-state index is 12.8. The van der Waals surface area contributed by atoms with Crippen molar-refractivity contribution in [2.24, 2.45) is 5.92 Å². The monoisotopic (exact) mass is 502 g/mol. The number of carbonyl (C=O) groups excluding carboxylic acids is 1. The van der Waals surface area contributed by atoms with Crippen LogP contribution in [-0.4, -0.2) is 65.2 Å². The van der Waals surface area contributed by atoms with Gasteiger partial charge in [0.1, 0.15) is 5.82 Å². The fourth-order valence-corrected chi connectivity index (χ4v) is 4.23. The Kier molecular flexibility index (Phi) is 7.53. The summed E-state index contributed by atoms with van der Waals surface area (Å²) in [6, 6.07) is 16.1. The number of aromatic nitrogens is 1. The van der Waals surface area contributed by atoms with Gasteiger partial charge in [-0.2, -0.15) is 13.2 Å². The average molecular weight is 503 g/mol. The summed E-state index contributed by atoms with van der Waals surface area (Å²) in [6.07, 6.45) is -0.291. The number of fused-ring (bicyclic) bond motifs is 1. The lowest BCUT2D eigenvalue weighted by molar-refractivity contribution is -0.192. The predicted octanol–water partition coefficient (Wildman–Crippen LogP) is 4.67. The molecule has 5 rings (SSSR count). The van der Waals surface area contributed by atoms with Gasteiger partial charge in [0.05, 0.1) is 5.56 Å². The topological polar surface area (TPSA) is 77.3 Å². The zero-order chi connectivity index (χ0) is 25.9. The molecule has 3 heterocycles. The third-order valence-corrected chi connectivity index (χ3v) is 6.32. The first-order valence-corrected chi connectivity index (χ1v) is 11.9. The van der Waals surface area contributed by atoms with Crippen LogP contribution in [-0.2, 0) is 4.79 Å². The van der Waals surface area contributed by atoms with Crippen LogP contribution in [0.4, 0.5) is 24.7 Å². The number of pyridine rings is 1. The summed E-state index contributed by atoms with van der Waals surface area (Å²) in [5.41, 5.74) is 3.75. The second-order valence-corrected chi connectivity index (χ2v) is 9.26. The average Bonchev–Trinajstić information content (AvgIpc) is 3.54. The zero-order valence-corrected chi connectivity index (χ0v) is 20.0. The van der Waals surface area contributed by atoms with E-state index in [0.29, 0.717) is 5.56 Å². The number of aryl methyl sites for hydroxylation is 1. The molecule has 1 amide bonds.